The van der Waals surface area contributed by atoms with Gasteiger partial charge in [0.1, 0.15) is 0 Å². The van der Waals surface area contributed by atoms with E-state index in [1.54, 1.807) is 0 Å². The largest absolute Gasteiger partial charge is 0.490 e. The van der Waals surface area contributed by atoms with Gasteiger partial charge in [-0.3, -0.25) is 4.79 Å². The molecule has 4 nitrogen and oxygen atoms in total. The molecule has 0 spiro atoms. The number of carbonyl (C=O) groups is 1. The molecule has 1 rings (SSSR count). The summed E-state index contributed by atoms with van der Waals surface area (Å²) in [4.78, 5) is 11.3. The highest BCUT2D eigenvalue weighted by atomic mass is 16.5. The molecule has 0 aliphatic heterocycles. The van der Waals surface area contributed by atoms with Crippen molar-refractivity contribution in [2.24, 2.45) is 0 Å². The van der Waals surface area contributed by atoms with Crippen molar-refractivity contribution < 1.29 is 19.0 Å². The predicted octanol–water partition coefficient (Wildman–Crippen LogP) is 2.98. The van der Waals surface area contributed by atoms with Crippen LogP contribution >= 0.6 is 0 Å². The van der Waals surface area contributed by atoms with Gasteiger partial charge < -0.3 is 14.2 Å². The third-order valence-electron chi connectivity index (χ3n) is 2.53. The molecule has 0 N–H and O–H groups in total. The number of carbonyl (C=O) groups excluding carboxylic acids is 1. The Balaban J connectivity index is 2.69. The molecule has 19 heavy (non-hydrogen) atoms. The molecule has 1 aromatic carbocycles. The zero-order valence-corrected chi connectivity index (χ0v) is 11.9. The number of benzene rings is 1. The maximum atomic E-state index is 11.3. The molecule has 0 aliphatic rings. The lowest BCUT2D eigenvalue weighted by Gasteiger charge is -2.12. The van der Waals surface area contributed by atoms with Crippen LogP contribution in [0.4, 0.5) is 0 Å². The van der Waals surface area contributed by atoms with Gasteiger partial charge in [-0.15, -0.1) is 0 Å². The van der Waals surface area contributed by atoms with Gasteiger partial charge in [-0.2, -0.15) is 0 Å². The van der Waals surface area contributed by atoms with Crippen LogP contribution < -0.4 is 9.47 Å². The van der Waals surface area contributed by atoms with Crippen LogP contribution in [0.15, 0.2) is 18.2 Å². The minimum Gasteiger partial charge on any atom is -0.490 e. The summed E-state index contributed by atoms with van der Waals surface area (Å²) in [5.74, 6) is 1.30. The van der Waals surface area contributed by atoms with E-state index in [9.17, 15) is 4.79 Å². The average molecular weight is 266 g/mol. The van der Waals surface area contributed by atoms with Crippen molar-refractivity contribution in [3.05, 3.63) is 23.8 Å². The lowest BCUT2D eigenvalue weighted by Crippen LogP contribution is -2.05. The van der Waals surface area contributed by atoms with E-state index in [1.165, 1.54) is 0 Å². The van der Waals surface area contributed by atoms with E-state index in [1.807, 2.05) is 39.0 Å². The molecule has 0 fully saturated rings. The van der Waals surface area contributed by atoms with Crippen LogP contribution in [-0.4, -0.2) is 25.8 Å². The van der Waals surface area contributed by atoms with Crippen molar-refractivity contribution in [2.75, 3.05) is 19.8 Å². The van der Waals surface area contributed by atoms with Gasteiger partial charge in [0.05, 0.1) is 19.8 Å². The predicted molar refractivity (Wildman–Crippen MR) is 73.7 cm³/mol. The van der Waals surface area contributed by atoms with Crippen molar-refractivity contribution in [2.45, 2.75) is 33.6 Å². The van der Waals surface area contributed by atoms with Crippen LogP contribution in [0.5, 0.6) is 11.5 Å². The summed E-state index contributed by atoms with van der Waals surface area (Å²) in [5.41, 5.74) is 1.04. The maximum absolute atomic E-state index is 11.3. The summed E-state index contributed by atoms with van der Waals surface area (Å²) in [6.07, 6.45) is 1.03. The third-order valence-corrected chi connectivity index (χ3v) is 2.53. The Morgan fingerprint density at radius 1 is 1.00 bits per heavy atom. The summed E-state index contributed by atoms with van der Waals surface area (Å²) in [7, 11) is 0. The minimum atomic E-state index is -0.172. The molecule has 4 heteroatoms. The molecule has 0 bridgehead atoms. The van der Waals surface area contributed by atoms with Gasteiger partial charge in [0.15, 0.2) is 11.5 Å². The highest BCUT2D eigenvalue weighted by Gasteiger charge is 2.08. The van der Waals surface area contributed by atoms with E-state index in [2.05, 4.69) is 0 Å². The third kappa shape index (κ3) is 5.20. The second-order valence-electron chi connectivity index (χ2n) is 3.95. The lowest BCUT2D eigenvalue weighted by molar-refractivity contribution is -0.143. The standard InChI is InChI=1S/C15H22O4/c1-4-17-13-9-7-12(11-14(13)18-5-2)8-10-15(16)19-6-3/h7,9,11H,4-6,8,10H2,1-3H3. The molecular formula is C15H22O4. The van der Waals surface area contributed by atoms with E-state index in [0.717, 1.165) is 17.1 Å². The number of hydrogen-bond acceptors (Lipinski definition) is 4. The zero-order valence-electron chi connectivity index (χ0n) is 11.9. The fourth-order valence-electron chi connectivity index (χ4n) is 1.73. The van der Waals surface area contributed by atoms with Crippen molar-refractivity contribution >= 4 is 5.97 Å². The monoisotopic (exact) mass is 266 g/mol. The second kappa shape index (κ2) is 8.40. The van der Waals surface area contributed by atoms with E-state index >= 15 is 0 Å². The molecule has 0 saturated heterocycles. The molecular weight excluding hydrogens is 244 g/mol. The normalized spacial score (nSPS) is 10.1. The molecule has 0 saturated carbocycles. The van der Waals surface area contributed by atoms with Crippen molar-refractivity contribution in [3.8, 4) is 11.5 Å². The topological polar surface area (TPSA) is 44.8 Å². The highest BCUT2D eigenvalue weighted by Crippen LogP contribution is 2.28. The van der Waals surface area contributed by atoms with Crippen LogP contribution in [0.3, 0.4) is 0 Å². The number of esters is 1. The molecule has 0 heterocycles. The first kappa shape index (κ1) is 15.3. The average Bonchev–Trinajstić information content (AvgIpc) is 2.40. The van der Waals surface area contributed by atoms with Gasteiger partial charge in [-0.25, -0.2) is 0 Å². The van der Waals surface area contributed by atoms with Gasteiger partial charge in [0.25, 0.3) is 0 Å². The summed E-state index contributed by atoms with van der Waals surface area (Å²) in [6.45, 7) is 7.28. The molecule has 0 unspecified atom stereocenters. The van der Waals surface area contributed by atoms with Crippen molar-refractivity contribution in [3.63, 3.8) is 0 Å². The Bertz CT molecular complexity index is 401. The number of aryl methyl sites for hydroxylation is 1. The lowest BCUT2D eigenvalue weighted by atomic mass is 10.1. The second-order valence-corrected chi connectivity index (χ2v) is 3.95. The fourth-order valence-corrected chi connectivity index (χ4v) is 1.73. The molecule has 0 aliphatic carbocycles. The first-order valence-corrected chi connectivity index (χ1v) is 6.75. The minimum absolute atomic E-state index is 0.172. The highest BCUT2D eigenvalue weighted by molar-refractivity contribution is 5.69. The van der Waals surface area contributed by atoms with E-state index < -0.39 is 0 Å². The Morgan fingerprint density at radius 3 is 2.32 bits per heavy atom. The van der Waals surface area contributed by atoms with Gasteiger partial charge >= 0.3 is 5.97 Å². The van der Waals surface area contributed by atoms with Crippen molar-refractivity contribution in [1.29, 1.82) is 0 Å². The van der Waals surface area contributed by atoms with Crippen LogP contribution in [-0.2, 0) is 16.0 Å². The van der Waals surface area contributed by atoms with E-state index in [-0.39, 0.29) is 5.97 Å². The summed E-state index contributed by atoms with van der Waals surface area (Å²) in [6, 6.07) is 5.76. The zero-order chi connectivity index (χ0) is 14.1. The first-order valence-electron chi connectivity index (χ1n) is 6.75. The molecule has 0 amide bonds. The first-order chi connectivity index (χ1) is 9.21. The smallest absolute Gasteiger partial charge is 0.306 e. The SMILES string of the molecule is CCOC(=O)CCc1ccc(OCC)c(OCC)c1. The number of ether oxygens (including phenoxy) is 3. The summed E-state index contributed by atoms with van der Waals surface area (Å²) >= 11 is 0. The quantitative estimate of drug-likeness (QED) is 0.679. The van der Waals surface area contributed by atoms with Gasteiger partial charge in [-0.05, 0) is 44.9 Å². The maximum Gasteiger partial charge on any atom is 0.306 e. The number of hydrogen-bond donors (Lipinski definition) is 0. The Kier molecular flexibility index (Phi) is 6.79. The molecule has 0 atom stereocenters. The van der Waals surface area contributed by atoms with Crippen molar-refractivity contribution in [1.82, 2.24) is 0 Å². The number of rotatable bonds is 8. The van der Waals surface area contributed by atoms with Gasteiger partial charge in [-0.1, -0.05) is 6.07 Å². The van der Waals surface area contributed by atoms with Gasteiger partial charge in [0.2, 0.25) is 0 Å². The Labute approximate surface area is 114 Å². The summed E-state index contributed by atoms with van der Waals surface area (Å²) < 4.78 is 15.9. The van der Waals surface area contributed by atoms with Crippen LogP contribution in [0.25, 0.3) is 0 Å². The molecule has 0 aromatic heterocycles. The van der Waals surface area contributed by atoms with E-state index in [0.29, 0.717) is 32.7 Å². The Morgan fingerprint density at radius 2 is 1.68 bits per heavy atom. The fraction of sp³-hybridized carbons (Fsp3) is 0.533. The van der Waals surface area contributed by atoms with Gasteiger partial charge in [0, 0.05) is 6.42 Å². The van der Waals surface area contributed by atoms with Crippen LogP contribution in [0.1, 0.15) is 32.8 Å². The Hall–Kier alpha value is -1.71. The summed E-state index contributed by atoms with van der Waals surface area (Å²) in [5, 5.41) is 0. The van der Waals surface area contributed by atoms with Crippen LogP contribution in [0, 0.1) is 0 Å². The molecule has 0 radical (unpaired) electrons. The van der Waals surface area contributed by atoms with E-state index in [4.69, 9.17) is 14.2 Å². The molecule has 106 valence electrons. The van der Waals surface area contributed by atoms with Crippen LogP contribution in [0.2, 0.25) is 0 Å². The molecule has 1 aromatic rings.